The van der Waals surface area contributed by atoms with E-state index in [1.165, 1.54) is 0 Å². The minimum Gasteiger partial charge on any atom is -0.237 e. The average molecular weight is 215 g/mol. The van der Waals surface area contributed by atoms with Crippen molar-refractivity contribution in [2.45, 2.75) is 6.92 Å². The van der Waals surface area contributed by atoms with Crippen molar-refractivity contribution < 1.29 is 14.9 Å². The van der Waals surface area contributed by atoms with Gasteiger partial charge in [-0.2, -0.15) is 0 Å². The summed E-state index contributed by atoms with van der Waals surface area (Å²) in [5.41, 5.74) is 2.01. The molecule has 0 bridgehead atoms. The van der Waals surface area contributed by atoms with Crippen LogP contribution in [0.4, 0.5) is 4.79 Å². The van der Waals surface area contributed by atoms with E-state index in [0.717, 1.165) is 16.7 Å². The number of nitrogens with one attached hydrogen (secondary N) is 2. The first-order valence-electron chi connectivity index (χ1n) is 2.86. The highest BCUT2D eigenvalue weighted by Crippen LogP contribution is 1.63. The number of nitrogens with zero attached hydrogens (tertiary/aromatic N) is 2. The Morgan fingerprint density at radius 2 is 1.54 bits per heavy atom. The highest BCUT2D eigenvalue weighted by atomic mass is 35.5. The van der Waals surface area contributed by atoms with Crippen molar-refractivity contribution in [3.8, 4) is 0 Å². The lowest BCUT2D eigenvalue weighted by molar-refractivity contribution is -0.552. The number of nitro groups is 2. The second-order valence-corrected chi connectivity index (χ2v) is 1.87. The molecule has 10 heteroatoms. The predicted molar refractivity (Wildman–Crippen MR) is 42.1 cm³/mol. The molecule has 2 N–H and O–H groups in total. The molecule has 0 rings (SSSR count). The van der Waals surface area contributed by atoms with Gasteiger partial charge in [-0.1, -0.05) is 6.92 Å². The SMILES string of the molecule is CCCl.O=C(N[N+](=O)[O-])N[N+](=O)[O-]. The molecule has 0 saturated carbocycles. The van der Waals surface area contributed by atoms with E-state index >= 15 is 0 Å². The zero-order valence-electron chi connectivity index (χ0n) is 6.52. The van der Waals surface area contributed by atoms with Gasteiger partial charge in [0.2, 0.25) is 0 Å². The van der Waals surface area contributed by atoms with E-state index in [-0.39, 0.29) is 0 Å². The molecule has 0 atom stereocenters. The maximum absolute atomic E-state index is 9.96. The van der Waals surface area contributed by atoms with Crippen molar-refractivity contribution in [3.05, 3.63) is 20.2 Å². The van der Waals surface area contributed by atoms with Crippen LogP contribution in [0.3, 0.4) is 0 Å². The zero-order valence-corrected chi connectivity index (χ0v) is 7.28. The van der Waals surface area contributed by atoms with E-state index < -0.39 is 16.1 Å². The van der Waals surface area contributed by atoms with Crippen LogP contribution in [-0.2, 0) is 0 Å². The van der Waals surface area contributed by atoms with Crippen molar-refractivity contribution >= 4 is 17.6 Å². The van der Waals surface area contributed by atoms with Gasteiger partial charge in [0, 0.05) is 5.88 Å². The molecule has 76 valence electrons. The second kappa shape index (κ2) is 8.46. The number of halogens is 1. The Balaban J connectivity index is 0. The van der Waals surface area contributed by atoms with Crippen LogP contribution in [0.1, 0.15) is 6.92 Å². The molecule has 2 amide bonds. The fourth-order valence-electron chi connectivity index (χ4n) is 0.191. The molecular formula is C3H7ClN4O5. The van der Waals surface area contributed by atoms with Crippen LogP contribution in [0.25, 0.3) is 0 Å². The first-order chi connectivity index (χ1) is 5.93. The van der Waals surface area contributed by atoms with Crippen LogP contribution in [0.5, 0.6) is 0 Å². The van der Waals surface area contributed by atoms with E-state index in [0.29, 0.717) is 0 Å². The molecule has 0 fully saturated rings. The molecule has 0 aromatic heterocycles. The number of rotatable bonds is 2. The maximum Gasteiger partial charge on any atom is 0.430 e. The number of alkyl halides is 1. The van der Waals surface area contributed by atoms with Gasteiger partial charge < -0.3 is 0 Å². The molecule has 0 heterocycles. The molecule has 0 aromatic carbocycles. The second-order valence-electron chi connectivity index (χ2n) is 1.33. The van der Waals surface area contributed by atoms with E-state index in [9.17, 15) is 25.0 Å². The highest BCUT2D eigenvalue weighted by molar-refractivity contribution is 6.17. The molecular weight excluding hydrogens is 208 g/mol. The van der Waals surface area contributed by atoms with E-state index in [1.54, 1.807) is 0 Å². The van der Waals surface area contributed by atoms with Crippen molar-refractivity contribution in [3.63, 3.8) is 0 Å². The van der Waals surface area contributed by atoms with Gasteiger partial charge in [0.05, 0.1) is 0 Å². The number of carbonyl (C=O) groups is 1. The summed E-state index contributed by atoms with van der Waals surface area (Å²) in [6.07, 6.45) is 0. The van der Waals surface area contributed by atoms with Crippen molar-refractivity contribution in [2.75, 3.05) is 5.88 Å². The molecule has 0 saturated heterocycles. The Kier molecular flexibility index (Phi) is 9.05. The first kappa shape index (κ1) is 13.9. The topological polar surface area (TPSA) is 127 Å². The van der Waals surface area contributed by atoms with Gasteiger partial charge in [0.1, 0.15) is 0 Å². The lowest BCUT2D eigenvalue weighted by Gasteiger charge is -1.89. The van der Waals surface area contributed by atoms with Gasteiger partial charge >= 0.3 is 6.03 Å². The number of hydrogen-bond acceptors (Lipinski definition) is 5. The number of hydrogen-bond donors (Lipinski definition) is 2. The summed E-state index contributed by atoms with van der Waals surface area (Å²) < 4.78 is 0. The molecule has 0 spiro atoms. The van der Waals surface area contributed by atoms with Crippen molar-refractivity contribution in [2.24, 2.45) is 0 Å². The molecule has 0 radical (unpaired) electrons. The van der Waals surface area contributed by atoms with Gasteiger partial charge in [-0.25, -0.2) is 25.0 Å². The summed E-state index contributed by atoms with van der Waals surface area (Å²) in [7, 11) is 0. The molecule has 0 aromatic rings. The summed E-state index contributed by atoms with van der Waals surface area (Å²) in [4.78, 5) is 28.8. The van der Waals surface area contributed by atoms with Crippen molar-refractivity contribution in [1.82, 2.24) is 10.9 Å². The van der Waals surface area contributed by atoms with Crippen LogP contribution in [0, 0.1) is 20.2 Å². The largest absolute Gasteiger partial charge is 0.430 e. The third-order valence-electron chi connectivity index (χ3n) is 0.386. The Bertz CT molecular complexity index is 178. The van der Waals surface area contributed by atoms with Gasteiger partial charge in [-0.05, 0) is 10.9 Å². The van der Waals surface area contributed by atoms with Crippen LogP contribution in [0.2, 0.25) is 0 Å². The minimum atomic E-state index is -1.49. The predicted octanol–water partition coefficient (Wildman–Crippen LogP) is -0.0859. The van der Waals surface area contributed by atoms with Crippen LogP contribution < -0.4 is 10.9 Å². The maximum atomic E-state index is 9.96. The number of hydrazine groups is 2. The Hall–Kier alpha value is -1.64. The number of urea groups is 1. The van der Waals surface area contributed by atoms with Crippen LogP contribution >= 0.6 is 11.6 Å². The lowest BCUT2D eigenvalue weighted by atomic mass is 11.0. The molecule has 9 nitrogen and oxygen atoms in total. The molecule has 0 unspecified atom stereocenters. The van der Waals surface area contributed by atoms with E-state index in [4.69, 9.17) is 11.6 Å². The molecule has 13 heavy (non-hydrogen) atoms. The third-order valence-corrected chi connectivity index (χ3v) is 0.386. The highest BCUT2D eigenvalue weighted by Gasteiger charge is 2.11. The minimum absolute atomic E-state index is 0.722. The normalized spacial score (nSPS) is 7.54. The Labute approximate surface area is 77.3 Å². The monoisotopic (exact) mass is 214 g/mol. The summed E-state index contributed by atoms with van der Waals surface area (Å²) in [6.45, 7) is 1.89. The van der Waals surface area contributed by atoms with Gasteiger partial charge in [0.15, 0.2) is 10.1 Å². The number of carbonyl (C=O) groups excluding carboxylic acids is 1. The van der Waals surface area contributed by atoms with Crippen LogP contribution in [-0.4, -0.2) is 22.0 Å². The number of amides is 2. The zero-order chi connectivity index (χ0) is 10.9. The third kappa shape index (κ3) is 17.9. The van der Waals surface area contributed by atoms with E-state index in [1.807, 2.05) is 6.92 Å². The first-order valence-corrected chi connectivity index (χ1v) is 3.39. The van der Waals surface area contributed by atoms with Gasteiger partial charge in [0.25, 0.3) is 0 Å². The Morgan fingerprint density at radius 3 is 1.69 bits per heavy atom. The Morgan fingerprint density at radius 1 is 1.31 bits per heavy atom. The van der Waals surface area contributed by atoms with Crippen molar-refractivity contribution in [1.29, 1.82) is 0 Å². The summed E-state index contributed by atoms with van der Waals surface area (Å²) in [6, 6.07) is -1.49. The summed E-state index contributed by atoms with van der Waals surface area (Å²) in [5, 5.41) is 16.4. The van der Waals surface area contributed by atoms with E-state index in [2.05, 4.69) is 0 Å². The fraction of sp³-hybridized carbons (Fsp3) is 0.667. The molecule has 0 aliphatic carbocycles. The lowest BCUT2D eigenvalue weighted by Crippen LogP contribution is -2.41. The quantitative estimate of drug-likeness (QED) is 0.377. The fourth-order valence-corrected chi connectivity index (χ4v) is 0.191. The summed E-state index contributed by atoms with van der Waals surface area (Å²) in [5.74, 6) is 0.722. The van der Waals surface area contributed by atoms with Crippen LogP contribution in [0.15, 0.2) is 0 Å². The van der Waals surface area contributed by atoms with Gasteiger partial charge in [-0.15, -0.1) is 11.6 Å². The van der Waals surface area contributed by atoms with Gasteiger partial charge in [-0.3, -0.25) is 0 Å². The standard InChI is InChI=1S/C2H5Cl.CH2N4O5/c1-2-3;6-1(2-4(7)8)3-5(9)10/h2H2,1H3;(H2,2,3,6). The molecule has 0 aliphatic heterocycles. The smallest absolute Gasteiger partial charge is 0.237 e. The summed E-state index contributed by atoms with van der Waals surface area (Å²) >= 11 is 5.00. The molecule has 0 aliphatic rings. The average Bonchev–Trinajstić information content (AvgIpc) is 1.83.